The van der Waals surface area contributed by atoms with Gasteiger partial charge in [0, 0.05) is 12.6 Å². The van der Waals surface area contributed by atoms with Crippen molar-refractivity contribution in [3.05, 3.63) is 35.6 Å². The van der Waals surface area contributed by atoms with Crippen molar-refractivity contribution in [2.45, 2.75) is 38.0 Å². The minimum atomic E-state index is -0.625. The fourth-order valence-corrected chi connectivity index (χ4v) is 2.36. The molecule has 1 aromatic rings. The molecule has 0 aromatic heterocycles. The quantitative estimate of drug-likeness (QED) is 0.849. The maximum atomic E-state index is 12.9. The van der Waals surface area contributed by atoms with Gasteiger partial charge < -0.3 is 10.5 Å². The summed E-state index contributed by atoms with van der Waals surface area (Å²) < 4.78 is 18.5. The summed E-state index contributed by atoms with van der Waals surface area (Å²) in [5, 5.41) is 3.17. The first-order chi connectivity index (χ1) is 9.08. The molecular formula is C14H19FN2O2. The Labute approximate surface area is 112 Å². The van der Waals surface area contributed by atoms with Crippen LogP contribution in [0.1, 0.15) is 31.4 Å². The van der Waals surface area contributed by atoms with Gasteiger partial charge >= 0.3 is 0 Å². The van der Waals surface area contributed by atoms with Crippen molar-refractivity contribution >= 4 is 5.91 Å². The minimum Gasteiger partial charge on any atom is -0.377 e. The molecular weight excluding hydrogens is 247 g/mol. The summed E-state index contributed by atoms with van der Waals surface area (Å²) in [5.74, 6) is -0.810. The largest absolute Gasteiger partial charge is 0.377 e. The van der Waals surface area contributed by atoms with Crippen LogP contribution < -0.4 is 11.1 Å². The van der Waals surface area contributed by atoms with Crippen LogP contribution in [0.2, 0.25) is 0 Å². The number of ether oxygens (including phenoxy) is 1. The number of hydrogen-bond acceptors (Lipinski definition) is 3. The monoisotopic (exact) mass is 266 g/mol. The molecule has 0 spiro atoms. The van der Waals surface area contributed by atoms with Crippen LogP contribution >= 0.6 is 0 Å². The number of rotatable bonds is 5. The number of amides is 1. The third kappa shape index (κ3) is 3.52. The summed E-state index contributed by atoms with van der Waals surface area (Å²) in [6.45, 7) is 2.73. The lowest BCUT2D eigenvalue weighted by Crippen LogP contribution is -2.44. The summed E-state index contributed by atoms with van der Waals surface area (Å²) in [7, 11) is 0. The standard InChI is InChI=1S/C14H19FN2O2/c1-9(12-3-2-8-19-12)17-13(14(16)18)10-4-6-11(15)7-5-10/h4-7,9,12-13,17H,2-3,8H2,1H3,(H2,16,18)/t9-,12+,13-/m0/s1. The van der Waals surface area contributed by atoms with Crippen molar-refractivity contribution in [2.75, 3.05) is 6.61 Å². The fraction of sp³-hybridized carbons (Fsp3) is 0.500. The number of carbonyl (C=O) groups is 1. The van der Waals surface area contributed by atoms with Gasteiger partial charge in [0.1, 0.15) is 11.9 Å². The van der Waals surface area contributed by atoms with E-state index in [0.717, 1.165) is 19.4 Å². The number of primary amides is 1. The average molecular weight is 266 g/mol. The van der Waals surface area contributed by atoms with Gasteiger partial charge in [-0.2, -0.15) is 0 Å². The van der Waals surface area contributed by atoms with Crippen molar-refractivity contribution in [3.8, 4) is 0 Å². The molecule has 1 amide bonds. The predicted molar refractivity (Wildman–Crippen MR) is 69.9 cm³/mol. The third-order valence-corrected chi connectivity index (χ3v) is 3.44. The average Bonchev–Trinajstić information content (AvgIpc) is 2.90. The van der Waals surface area contributed by atoms with Crippen molar-refractivity contribution in [1.82, 2.24) is 5.32 Å². The zero-order valence-corrected chi connectivity index (χ0v) is 10.9. The van der Waals surface area contributed by atoms with Crippen LogP contribution in [-0.4, -0.2) is 24.7 Å². The van der Waals surface area contributed by atoms with E-state index >= 15 is 0 Å². The van der Waals surface area contributed by atoms with E-state index in [0.29, 0.717) is 5.56 Å². The smallest absolute Gasteiger partial charge is 0.239 e. The van der Waals surface area contributed by atoms with Gasteiger partial charge in [-0.15, -0.1) is 0 Å². The first-order valence-electron chi connectivity index (χ1n) is 6.50. The van der Waals surface area contributed by atoms with Crippen LogP contribution in [0.15, 0.2) is 24.3 Å². The Morgan fingerprint density at radius 2 is 2.16 bits per heavy atom. The van der Waals surface area contributed by atoms with Crippen LogP contribution in [0.3, 0.4) is 0 Å². The maximum Gasteiger partial charge on any atom is 0.239 e. The summed E-state index contributed by atoms with van der Waals surface area (Å²) in [6.07, 6.45) is 2.11. The molecule has 0 bridgehead atoms. The summed E-state index contributed by atoms with van der Waals surface area (Å²) in [5.41, 5.74) is 6.08. The second kappa shape index (κ2) is 6.12. The Hall–Kier alpha value is -1.46. The SMILES string of the molecule is C[C@H](N[C@H](C(N)=O)c1ccc(F)cc1)[C@H]1CCCO1. The molecule has 3 atom stereocenters. The van der Waals surface area contributed by atoms with E-state index in [9.17, 15) is 9.18 Å². The van der Waals surface area contributed by atoms with Crippen LogP contribution in [0.4, 0.5) is 4.39 Å². The molecule has 0 radical (unpaired) electrons. The number of hydrogen-bond donors (Lipinski definition) is 2. The fourth-order valence-electron chi connectivity index (χ4n) is 2.36. The number of nitrogens with one attached hydrogen (secondary N) is 1. The first kappa shape index (κ1) is 14.0. The molecule has 104 valence electrons. The van der Waals surface area contributed by atoms with E-state index in [1.807, 2.05) is 6.92 Å². The van der Waals surface area contributed by atoms with Gasteiger partial charge in [0.2, 0.25) is 5.91 Å². The lowest BCUT2D eigenvalue weighted by Gasteiger charge is -2.25. The van der Waals surface area contributed by atoms with Gasteiger partial charge in [0.05, 0.1) is 6.10 Å². The van der Waals surface area contributed by atoms with Crippen LogP contribution in [0, 0.1) is 5.82 Å². The Morgan fingerprint density at radius 3 is 2.68 bits per heavy atom. The van der Waals surface area contributed by atoms with Gasteiger partial charge in [0.15, 0.2) is 0 Å². The van der Waals surface area contributed by atoms with Crippen LogP contribution in [0.25, 0.3) is 0 Å². The number of nitrogens with two attached hydrogens (primary N) is 1. The van der Waals surface area contributed by atoms with Gasteiger partial charge in [-0.3, -0.25) is 10.1 Å². The molecule has 3 N–H and O–H groups in total. The Morgan fingerprint density at radius 1 is 1.47 bits per heavy atom. The molecule has 1 aliphatic heterocycles. The van der Waals surface area contributed by atoms with Crippen molar-refractivity contribution < 1.29 is 13.9 Å². The van der Waals surface area contributed by atoms with Crippen LogP contribution in [0.5, 0.6) is 0 Å². The third-order valence-electron chi connectivity index (χ3n) is 3.44. The molecule has 0 unspecified atom stereocenters. The van der Waals surface area contributed by atoms with E-state index in [4.69, 9.17) is 10.5 Å². The van der Waals surface area contributed by atoms with E-state index in [-0.39, 0.29) is 18.0 Å². The van der Waals surface area contributed by atoms with Gasteiger partial charge in [-0.1, -0.05) is 12.1 Å². The Kier molecular flexibility index (Phi) is 4.50. The Bertz CT molecular complexity index is 430. The molecule has 1 fully saturated rings. The molecule has 1 saturated heterocycles. The topological polar surface area (TPSA) is 64.3 Å². The molecule has 2 rings (SSSR count). The predicted octanol–water partition coefficient (Wildman–Crippen LogP) is 1.51. The molecule has 19 heavy (non-hydrogen) atoms. The second-order valence-electron chi connectivity index (χ2n) is 4.89. The highest BCUT2D eigenvalue weighted by Crippen LogP contribution is 2.19. The highest BCUT2D eigenvalue weighted by Gasteiger charge is 2.27. The summed E-state index contributed by atoms with van der Waals surface area (Å²) in [6, 6.07) is 5.18. The molecule has 0 aliphatic carbocycles. The first-order valence-corrected chi connectivity index (χ1v) is 6.50. The molecule has 1 aromatic carbocycles. The second-order valence-corrected chi connectivity index (χ2v) is 4.89. The normalized spacial score (nSPS) is 22.1. The van der Waals surface area contributed by atoms with Crippen LogP contribution in [-0.2, 0) is 9.53 Å². The van der Waals surface area contributed by atoms with Gasteiger partial charge in [0.25, 0.3) is 0 Å². The molecule has 1 heterocycles. The zero-order chi connectivity index (χ0) is 13.8. The molecule has 1 aliphatic rings. The van der Waals surface area contributed by atoms with Gasteiger partial charge in [-0.25, -0.2) is 4.39 Å². The molecule has 4 nitrogen and oxygen atoms in total. The lowest BCUT2D eigenvalue weighted by atomic mass is 10.0. The van der Waals surface area contributed by atoms with Crippen molar-refractivity contribution in [2.24, 2.45) is 5.73 Å². The van der Waals surface area contributed by atoms with E-state index in [1.165, 1.54) is 12.1 Å². The van der Waals surface area contributed by atoms with E-state index in [2.05, 4.69) is 5.32 Å². The molecule has 5 heteroatoms. The summed E-state index contributed by atoms with van der Waals surface area (Å²) in [4.78, 5) is 11.6. The highest BCUT2D eigenvalue weighted by molar-refractivity contribution is 5.81. The van der Waals surface area contributed by atoms with E-state index in [1.54, 1.807) is 12.1 Å². The van der Waals surface area contributed by atoms with Gasteiger partial charge in [-0.05, 0) is 37.5 Å². The minimum absolute atomic E-state index is 0.0186. The van der Waals surface area contributed by atoms with Crippen molar-refractivity contribution in [1.29, 1.82) is 0 Å². The molecule has 0 saturated carbocycles. The maximum absolute atomic E-state index is 12.9. The summed E-state index contributed by atoms with van der Waals surface area (Å²) >= 11 is 0. The number of halogens is 1. The van der Waals surface area contributed by atoms with E-state index < -0.39 is 11.9 Å². The number of carbonyl (C=O) groups excluding carboxylic acids is 1. The number of benzene rings is 1. The highest BCUT2D eigenvalue weighted by atomic mass is 19.1. The zero-order valence-electron chi connectivity index (χ0n) is 10.9. The van der Waals surface area contributed by atoms with Crippen molar-refractivity contribution in [3.63, 3.8) is 0 Å². The lowest BCUT2D eigenvalue weighted by molar-refractivity contribution is -0.120. The Balaban J connectivity index is 2.07.